The number of halogens is 3. The summed E-state index contributed by atoms with van der Waals surface area (Å²) in [6, 6.07) is 1.73. The van der Waals surface area contributed by atoms with Gasteiger partial charge in [0.1, 0.15) is 12.1 Å². The molecule has 0 aliphatic heterocycles. The highest BCUT2D eigenvalue weighted by molar-refractivity contribution is 5.37. The zero-order valence-corrected chi connectivity index (χ0v) is 7.88. The maximum atomic E-state index is 12.1. The van der Waals surface area contributed by atoms with E-state index in [-0.39, 0.29) is 5.69 Å². The summed E-state index contributed by atoms with van der Waals surface area (Å²) in [7, 11) is 0. The molecule has 2 rings (SSSR count). The number of alkyl halides is 3. The molecule has 0 amide bonds. The molecule has 1 N–H and O–H groups in total. The average molecular weight is 217 g/mol. The summed E-state index contributed by atoms with van der Waals surface area (Å²) in [5, 5.41) is 3.02. The topological polar surface area (TPSA) is 37.8 Å². The molecule has 1 aliphatic carbocycles. The van der Waals surface area contributed by atoms with E-state index >= 15 is 0 Å². The number of anilines is 1. The highest BCUT2D eigenvalue weighted by Gasteiger charge is 2.29. The van der Waals surface area contributed by atoms with E-state index in [2.05, 4.69) is 15.3 Å². The van der Waals surface area contributed by atoms with E-state index in [9.17, 15) is 13.2 Å². The van der Waals surface area contributed by atoms with Gasteiger partial charge in [0, 0.05) is 12.1 Å². The molecule has 0 aromatic carbocycles. The smallest absolute Gasteiger partial charge is 0.367 e. The Balaban J connectivity index is 2.04. The monoisotopic (exact) mass is 217 g/mol. The fourth-order valence-electron chi connectivity index (χ4n) is 1.22. The van der Waals surface area contributed by atoms with Crippen molar-refractivity contribution in [3.8, 4) is 0 Å². The number of nitrogens with zero attached hydrogens (tertiary/aromatic N) is 2. The fourth-order valence-corrected chi connectivity index (χ4v) is 1.22. The summed E-state index contributed by atoms with van der Waals surface area (Å²) in [5.74, 6) is 0.478. The van der Waals surface area contributed by atoms with Gasteiger partial charge in [0.2, 0.25) is 0 Å². The van der Waals surface area contributed by atoms with Gasteiger partial charge in [-0.05, 0) is 12.8 Å². The summed E-state index contributed by atoms with van der Waals surface area (Å²) < 4.78 is 36.2. The van der Waals surface area contributed by atoms with Crippen LogP contribution in [-0.4, -0.2) is 22.2 Å². The van der Waals surface area contributed by atoms with E-state index in [1.54, 1.807) is 0 Å². The van der Waals surface area contributed by atoms with Crippen molar-refractivity contribution < 1.29 is 13.2 Å². The SMILES string of the molecule is FC(F)(F)Cc1cc(NC2CC2)ncn1. The van der Waals surface area contributed by atoms with Crippen LogP contribution in [0.4, 0.5) is 19.0 Å². The molecular formula is C9H10F3N3. The Morgan fingerprint density at radius 2 is 2.07 bits per heavy atom. The lowest BCUT2D eigenvalue weighted by atomic mass is 10.3. The first-order valence-corrected chi connectivity index (χ1v) is 4.67. The summed E-state index contributed by atoms with van der Waals surface area (Å²) >= 11 is 0. The van der Waals surface area contributed by atoms with Crippen molar-refractivity contribution in [1.82, 2.24) is 9.97 Å². The third-order valence-electron chi connectivity index (χ3n) is 2.03. The number of nitrogens with one attached hydrogen (secondary N) is 1. The van der Waals surface area contributed by atoms with Gasteiger partial charge in [-0.25, -0.2) is 9.97 Å². The Hall–Kier alpha value is -1.33. The fraction of sp³-hybridized carbons (Fsp3) is 0.556. The highest BCUT2D eigenvalue weighted by atomic mass is 19.4. The average Bonchev–Trinajstić information content (AvgIpc) is 2.85. The van der Waals surface area contributed by atoms with Gasteiger partial charge in [-0.3, -0.25) is 0 Å². The molecule has 6 heteroatoms. The second-order valence-electron chi connectivity index (χ2n) is 3.61. The molecule has 1 aromatic heterocycles. The molecule has 0 bridgehead atoms. The second kappa shape index (κ2) is 3.67. The van der Waals surface area contributed by atoms with Gasteiger partial charge in [-0.1, -0.05) is 0 Å². The van der Waals surface area contributed by atoms with E-state index < -0.39 is 12.6 Å². The van der Waals surface area contributed by atoms with Crippen molar-refractivity contribution in [2.24, 2.45) is 0 Å². The molecule has 82 valence electrons. The van der Waals surface area contributed by atoms with Crippen LogP contribution in [0.3, 0.4) is 0 Å². The predicted octanol–water partition coefficient (Wildman–Crippen LogP) is 2.16. The number of hydrogen-bond donors (Lipinski definition) is 1. The lowest BCUT2D eigenvalue weighted by molar-refractivity contribution is -0.127. The molecule has 1 fully saturated rings. The Morgan fingerprint density at radius 3 is 2.67 bits per heavy atom. The molecule has 15 heavy (non-hydrogen) atoms. The van der Waals surface area contributed by atoms with E-state index in [0.717, 1.165) is 19.2 Å². The normalized spacial score (nSPS) is 16.5. The molecule has 3 nitrogen and oxygen atoms in total. The molecule has 0 radical (unpaired) electrons. The van der Waals surface area contributed by atoms with Crippen LogP contribution < -0.4 is 5.32 Å². The Kier molecular flexibility index (Phi) is 2.50. The van der Waals surface area contributed by atoms with Crippen LogP contribution in [0.2, 0.25) is 0 Å². The molecule has 0 saturated heterocycles. The number of hydrogen-bond acceptors (Lipinski definition) is 3. The van der Waals surface area contributed by atoms with Crippen molar-refractivity contribution >= 4 is 5.82 Å². The minimum Gasteiger partial charge on any atom is -0.367 e. The zero-order valence-electron chi connectivity index (χ0n) is 7.88. The third-order valence-corrected chi connectivity index (χ3v) is 2.03. The third kappa shape index (κ3) is 3.38. The van der Waals surface area contributed by atoms with Gasteiger partial charge >= 0.3 is 6.18 Å². The van der Waals surface area contributed by atoms with Crippen molar-refractivity contribution in [2.45, 2.75) is 31.5 Å². The van der Waals surface area contributed by atoms with Crippen LogP contribution >= 0.6 is 0 Å². The van der Waals surface area contributed by atoms with Crippen LogP contribution in [0.25, 0.3) is 0 Å². The van der Waals surface area contributed by atoms with Gasteiger partial charge in [0.15, 0.2) is 0 Å². The molecule has 1 aromatic rings. The minimum atomic E-state index is -4.22. The number of rotatable bonds is 3. The molecule has 1 saturated carbocycles. The van der Waals surface area contributed by atoms with Crippen molar-refractivity contribution in [3.63, 3.8) is 0 Å². The minimum absolute atomic E-state index is 0.000602. The Morgan fingerprint density at radius 1 is 1.33 bits per heavy atom. The van der Waals surface area contributed by atoms with Crippen molar-refractivity contribution in [2.75, 3.05) is 5.32 Å². The standard InChI is InChI=1S/C9H10F3N3/c10-9(11,12)4-7-3-8(14-5-13-7)15-6-1-2-6/h3,5-6H,1-2,4H2,(H,13,14,15). The second-order valence-corrected chi connectivity index (χ2v) is 3.61. The predicted molar refractivity (Wildman–Crippen MR) is 48.4 cm³/mol. The van der Waals surface area contributed by atoms with E-state index in [4.69, 9.17) is 0 Å². The summed E-state index contributed by atoms with van der Waals surface area (Å²) in [4.78, 5) is 7.44. The van der Waals surface area contributed by atoms with Gasteiger partial charge in [0.05, 0.1) is 12.1 Å². The summed E-state index contributed by atoms with van der Waals surface area (Å²) in [6.07, 6.45) is -1.96. The zero-order chi connectivity index (χ0) is 10.9. The highest BCUT2D eigenvalue weighted by Crippen LogP contribution is 2.25. The van der Waals surface area contributed by atoms with Crippen molar-refractivity contribution in [3.05, 3.63) is 18.1 Å². The van der Waals surface area contributed by atoms with Gasteiger partial charge in [-0.15, -0.1) is 0 Å². The maximum absolute atomic E-state index is 12.1. The van der Waals surface area contributed by atoms with Gasteiger partial charge in [0.25, 0.3) is 0 Å². The molecule has 1 heterocycles. The largest absolute Gasteiger partial charge is 0.394 e. The summed E-state index contributed by atoms with van der Waals surface area (Å²) in [5.41, 5.74) is 0.000602. The lowest BCUT2D eigenvalue weighted by Gasteiger charge is -2.07. The van der Waals surface area contributed by atoms with Crippen LogP contribution in [-0.2, 0) is 6.42 Å². The number of aromatic nitrogens is 2. The maximum Gasteiger partial charge on any atom is 0.394 e. The molecule has 0 atom stereocenters. The van der Waals surface area contributed by atoms with Gasteiger partial charge in [-0.2, -0.15) is 13.2 Å². The van der Waals surface area contributed by atoms with Crippen LogP contribution in [0.15, 0.2) is 12.4 Å². The van der Waals surface area contributed by atoms with E-state index in [0.29, 0.717) is 11.9 Å². The first kappa shape index (κ1) is 10.2. The van der Waals surface area contributed by atoms with E-state index in [1.165, 1.54) is 6.07 Å². The molecule has 1 aliphatic rings. The molecule has 0 spiro atoms. The lowest BCUT2D eigenvalue weighted by Crippen LogP contribution is -2.13. The van der Waals surface area contributed by atoms with Crippen molar-refractivity contribution in [1.29, 1.82) is 0 Å². The molecule has 0 unspecified atom stereocenters. The van der Waals surface area contributed by atoms with Crippen LogP contribution in [0, 0.1) is 0 Å². The van der Waals surface area contributed by atoms with Gasteiger partial charge < -0.3 is 5.32 Å². The quantitative estimate of drug-likeness (QED) is 0.843. The van der Waals surface area contributed by atoms with E-state index in [1.807, 2.05) is 0 Å². The Bertz CT molecular complexity index is 347. The Labute approximate surface area is 84.7 Å². The van der Waals surface area contributed by atoms with Crippen LogP contribution in [0.5, 0.6) is 0 Å². The summed E-state index contributed by atoms with van der Waals surface area (Å²) in [6.45, 7) is 0. The van der Waals surface area contributed by atoms with Crippen LogP contribution in [0.1, 0.15) is 18.5 Å². The first-order chi connectivity index (χ1) is 7.03. The molecular weight excluding hydrogens is 207 g/mol. The first-order valence-electron chi connectivity index (χ1n) is 4.67.